The number of nitrogens with zero attached hydrogens (tertiary/aromatic N) is 2. The minimum atomic E-state index is 0.424. The Bertz CT molecular complexity index is 730. The summed E-state index contributed by atoms with van der Waals surface area (Å²) in [5, 5.41) is 0. The van der Waals surface area contributed by atoms with Crippen LogP contribution in [0, 0.1) is 0 Å². The molecule has 0 spiro atoms. The second-order valence-corrected chi connectivity index (χ2v) is 7.85. The summed E-state index contributed by atoms with van der Waals surface area (Å²) in [6.45, 7) is 2.28. The molecule has 0 unspecified atom stereocenters. The summed E-state index contributed by atoms with van der Waals surface area (Å²) in [5.41, 5.74) is 1.34. The summed E-state index contributed by atoms with van der Waals surface area (Å²) < 4.78 is 11.7. The molecule has 0 amide bonds. The van der Waals surface area contributed by atoms with Crippen molar-refractivity contribution < 1.29 is 4.74 Å². The van der Waals surface area contributed by atoms with Gasteiger partial charge in [-0.3, -0.25) is 0 Å². The standard InChI is InChI=1S/C19H19BrN2OS/c20-15-5-9-17(10-6-15)23-16-7-3-14(4-8-16)18-2-1-11-22-12-13-24-21-19(18)22/h3-10,18H,1-2,11-13H2/t18-/m0/s1. The van der Waals surface area contributed by atoms with Crippen LogP contribution in [-0.4, -0.2) is 29.6 Å². The predicted octanol–water partition coefficient (Wildman–Crippen LogP) is 5.48. The Kier molecular flexibility index (Phi) is 4.81. The number of amidine groups is 1. The molecule has 2 aliphatic rings. The molecule has 124 valence electrons. The molecule has 1 saturated heterocycles. The van der Waals surface area contributed by atoms with Gasteiger partial charge >= 0.3 is 0 Å². The molecule has 2 aromatic rings. The van der Waals surface area contributed by atoms with Crippen molar-refractivity contribution in [3.05, 3.63) is 58.6 Å². The highest BCUT2D eigenvalue weighted by Gasteiger charge is 2.29. The van der Waals surface area contributed by atoms with Crippen LogP contribution in [0.2, 0.25) is 0 Å². The zero-order valence-electron chi connectivity index (χ0n) is 13.3. The third kappa shape index (κ3) is 3.47. The lowest BCUT2D eigenvalue weighted by Gasteiger charge is -2.37. The van der Waals surface area contributed by atoms with Crippen LogP contribution in [0.4, 0.5) is 0 Å². The summed E-state index contributed by atoms with van der Waals surface area (Å²) in [5.74, 6) is 4.51. The fraction of sp³-hybridized carbons (Fsp3) is 0.316. The molecule has 0 aromatic heterocycles. The minimum Gasteiger partial charge on any atom is -0.457 e. The molecule has 1 fully saturated rings. The number of halogens is 1. The van der Waals surface area contributed by atoms with Crippen LogP contribution in [0.5, 0.6) is 11.5 Å². The van der Waals surface area contributed by atoms with E-state index in [2.05, 4.69) is 45.1 Å². The van der Waals surface area contributed by atoms with Crippen LogP contribution in [0.1, 0.15) is 24.3 Å². The Hall–Kier alpha value is -1.46. The topological polar surface area (TPSA) is 24.8 Å². The highest BCUT2D eigenvalue weighted by Crippen LogP contribution is 2.34. The second kappa shape index (κ2) is 7.19. The van der Waals surface area contributed by atoms with Crippen molar-refractivity contribution in [2.24, 2.45) is 4.40 Å². The summed E-state index contributed by atoms with van der Waals surface area (Å²) in [7, 11) is 0. The molecule has 0 bridgehead atoms. The van der Waals surface area contributed by atoms with Crippen molar-refractivity contribution in [3.63, 3.8) is 0 Å². The van der Waals surface area contributed by atoms with Gasteiger partial charge in [0.05, 0.1) is 0 Å². The van der Waals surface area contributed by atoms with Gasteiger partial charge in [0, 0.05) is 29.2 Å². The van der Waals surface area contributed by atoms with Crippen LogP contribution in [-0.2, 0) is 0 Å². The maximum absolute atomic E-state index is 5.92. The molecule has 3 nitrogen and oxygen atoms in total. The SMILES string of the molecule is Brc1ccc(Oc2ccc([C@@H]3CCCN4CCSN=C34)cc2)cc1. The number of hydrogen-bond acceptors (Lipinski definition) is 4. The molecular weight excluding hydrogens is 384 g/mol. The summed E-state index contributed by atoms with van der Waals surface area (Å²) in [6.07, 6.45) is 2.42. The Labute approximate surface area is 155 Å². The molecule has 0 radical (unpaired) electrons. The lowest BCUT2D eigenvalue weighted by molar-refractivity contribution is 0.371. The number of fused-ring (bicyclic) bond motifs is 1. The van der Waals surface area contributed by atoms with Gasteiger partial charge in [-0.25, -0.2) is 4.40 Å². The average Bonchev–Trinajstić information content (AvgIpc) is 2.64. The highest BCUT2D eigenvalue weighted by atomic mass is 79.9. The van der Waals surface area contributed by atoms with Gasteiger partial charge in [-0.2, -0.15) is 0 Å². The van der Waals surface area contributed by atoms with E-state index in [4.69, 9.17) is 9.13 Å². The molecule has 4 rings (SSSR count). The van der Waals surface area contributed by atoms with Crippen molar-refractivity contribution >= 4 is 33.7 Å². The van der Waals surface area contributed by atoms with Gasteiger partial charge in [0.25, 0.3) is 0 Å². The highest BCUT2D eigenvalue weighted by molar-refractivity contribution is 9.10. The van der Waals surface area contributed by atoms with Crippen LogP contribution >= 0.6 is 27.9 Å². The van der Waals surface area contributed by atoms with Crippen LogP contribution in [0.3, 0.4) is 0 Å². The van der Waals surface area contributed by atoms with Gasteiger partial charge < -0.3 is 9.64 Å². The molecule has 5 heteroatoms. The number of piperidine rings is 1. The lowest BCUT2D eigenvalue weighted by atomic mass is 9.89. The smallest absolute Gasteiger partial charge is 0.127 e. The summed E-state index contributed by atoms with van der Waals surface area (Å²) >= 11 is 5.14. The molecule has 2 heterocycles. The maximum atomic E-state index is 5.92. The van der Waals surface area contributed by atoms with E-state index < -0.39 is 0 Å². The fourth-order valence-corrected chi connectivity index (χ4v) is 4.32. The molecule has 2 aromatic carbocycles. The number of benzene rings is 2. The van der Waals surface area contributed by atoms with Crippen molar-refractivity contribution in [1.29, 1.82) is 0 Å². The van der Waals surface area contributed by atoms with Gasteiger partial charge in [0.2, 0.25) is 0 Å². The van der Waals surface area contributed by atoms with E-state index >= 15 is 0 Å². The quantitative estimate of drug-likeness (QED) is 0.635. The largest absolute Gasteiger partial charge is 0.457 e. The first-order valence-electron chi connectivity index (χ1n) is 8.28. The second-order valence-electron chi connectivity index (χ2n) is 6.09. The third-order valence-electron chi connectivity index (χ3n) is 4.50. The maximum Gasteiger partial charge on any atom is 0.127 e. The van der Waals surface area contributed by atoms with E-state index in [0.29, 0.717) is 5.92 Å². The zero-order chi connectivity index (χ0) is 16.4. The van der Waals surface area contributed by atoms with E-state index in [9.17, 15) is 0 Å². The first-order chi connectivity index (χ1) is 11.8. The molecule has 0 N–H and O–H groups in total. The first-order valence-corrected chi connectivity index (χ1v) is 10.0. The van der Waals surface area contributed by atoms with Gasteiger partial charge in [0.15, 0.2) is 0 Å². The Morgan fingerprint density at radius 2 is 1.71 bits per heavy atom. The monoisotopic (exact) mass is 402 g/mol. The number of hydrogen-bond donors (Lipinski definition) is 0. The zero-order valence-corrected chi connectivity index (χ0v) is 15.7. The van der Waals surface area contributed by atoms with Gasteiger partial charge in [-0.1, -0.05) is 28.1 Å². The van der Waals surface area contributed by atoms with Crippen LogP contribution in [0.25, 0.3) is 0 Å². The molecule has 24 heavy (non-hydrogen) atoms. The summed E-state index contributed by atoms with van der Waals surface area (Å²) in [4.78, 5) is 2.46. The van der Waals surface area contributed by atoms with E-state index in [-0.39, 0.29) is 0 Å². The Morgan fingerprint density at radius 1 is 1.00 bits per heavy atom. The Balaban J connectivity index is 1.51. The molecule has 0 aliphatic carbocycles. The molecular formula is C19H19BrN2OS. The number of rotatable bonds is 3. The van der Waals surface area contributed by atoms with Gasteiger partial charge in [-0.15, -0.1) is 0 Å². The summed E-state index contributed by atoms with van der Waals surface area (Å²) in [6, 6.07) is 16.4. The number of ether oxygens (including phenoxy) is 1. The van der Waals surface area contributed by atoms with Crippen LogP contribution in [0.15, 0.2) is 57.4 Å². The van der Waals surface area contributed by atoms with Gasteiger partial charge in [-0.05, 0) is 66.8 Å². The average molecular weight is 403 g/mol. The van der Waals surface area contributed by atoms with Gasteiger partial charge in [0.1, 0.15) is 17.3 Å². The normalized spacial score (nSPS) is 20.3. The van der Waals surface area contributed by atoms with E-state index in [1.54, 1.807) is 11.9 Å². The van der Waals surface area contributed by atoms with Crippen molar-refractivity contribution in [3.8, 4) is 11.5 Å². The predicted molar refractivity (Wildman–Crippen MR) is 104 cm³/mol. The van der Waals surface area contributed by atoms with E-state index in [1.807, 2.05) is 24.3 Å². The van der Waals surface area contributed by atoms with E-state index in [1.165, 1.54) is 24.2 Å². The minimum absolute atomic E-state index is 0.424. The van der Waals surface area contributed by atoms with Crippen LogP contribution < -0.4 is 4.74 Å². The third-order valence-corrected chi connectivity index (χ3v) is 5.71. The Morgan fingerprint density at radius 3 is 2.46 bits per heavy atom. The van der Waals surface area contributed by atoms with Crippen molar-refractivity contribution in [2.75, 3.05) is 18.8 Å². The fourth-order valence-electron chi connectivity index (χ4n) is 3.28. The molecule has 0 saturated carbocycles. The lowest BCUT2D eigenvalue weighted by Crippen LogP contribution is -2.42. The molecule has 2 aliphatic heterocycles. The van der Waals surface area contributed by atoms with Crippen molar-refractivity contribution in [2.45, 2.75) is 18.8 Å². The molecule has 1 atom stereocenters. The van der Waals surface area contributed by atoms with Crippen molar-refractivity contribution in [1.82, 2.24) is 4.90 Å². The van der Waals surface area contributed by atoms with E-state index in [0.717, 1.165) is 34.8 Å². The first kappa shape index (κ1) is 16.0.